The first-order valence-electron chi connectivity index (χ1n) is 10.4. The van der Waals surface area contributed by atoms with Crippen molar-refractivity contribution in [1.82, 2.24) is 15.0 Å². The van der Waals surface area contributed by atoms with Crippen LogP contribution in [0, 0.1) is 6.92 Å². The molecule has 0 spiro atoms. The molecule has 1 atom stereocenters. The Morgan fingerprint density at radius 1 is 0.939 bits per heavy atom. The van der Waals surface area contributed by atoms with Crippen LogP contribution in [0.3, 0.4) is 0 Å². The molecule has 3 aromatic carbocycles. The molecule has 7 nitrogen and oxygen atoms in total. The monoisotopic (exact) mass is 461 g/mol. The molecule has 3 N–H and O–H groups in total. The van der Waals surface area contributed by atoms with Gasteiger partial charge in [0.15, 0.2) is 0 Å². The van der Waals surface area contributed by atoms with Gasteiger partial charge in [-0.05, 0) is 47.7 Å². The van der Waals surface area contributed by atoms with Gasteiger partial charge >= 0.3 is 0 Å². The molecule has 1 aromatic heterocycles. The van der Waals surface area contributed by atoms with Gasteiger partial charge in [0.05, 0.1) is 4.90 Å². The minimum atomic E-state index is -4.05. The highest BCUT2D eigenvalue weighted by Gasteiger charge is 2.27. The number of carbonyl (C=O) groups excluding carboxylic acids is 1. The average molecular weight is 462 g/mol. The number of nitrogens with one attached hydrogen (secondary N) is 3. The van der Waals surface area contributed by atoms with Gasteiger partial charge in [-0.2, -0.15) is 4.72 Å². The summed E-state index contributed by atoms with van der Waals surface area (Å²) in [6, 6.07) is 22.6. The highest BCUT2D eigenvalue weighted by atomic mass is 32.2. The summed E-state index contributed by atoms with van der Waals surface area (Å²) >= 11 is 0. The number of aromatic nitrogens is 1. The number of carbonyl (C=O) groups is 1. The van der Waals surface area contributed by atoms with E-state index in [-0.39, 0.29) is 17.0 Å². The largest absolute Gasteiger partial charge is 0.350 e. The Bertz CT molecular complexity index is 1450. The fraction of sp³-hybridized carbons (Fsp3) is 0.120. The molecule has 0 aliphatic rings. The van der Waals surface area contributed by atoms with Crippen LogP contribution < -0.4 is 15.6 Å². The van der Waals surface area contributed by atoms with Crippen LogP contribution >= 0.6 is 0 Å². The molecular weight excluding hydrogens is 438 g/mol. The molecule has 1 amide bonds. The Balaban J connectivity index is 1.60. The zero-order valence-electron chi connectivity index (χ0n) is 17.9. The van der Waals surface area contributed by atoms with Crippen molar-refractivity contribution in [2.75, 3.05) is 0 Å². The third-order valence-corrected chi connectivity index (χ3v) is 6.68. The van der Waals surface area contributed by atoms with Crippen LogP contribution in [0.15, 0.2) is 94.6 Å². The second-order valence-corrected chi connectivity index (χ2v) is 9.45. The molecule has 0 radical (unpaired) electrons. The number of hydrogen-bond donors (Lipinski definition) is 3. The molecule has 4 rings (SSSR count). The normalized spacial score (nSPS) is 12.4. The van der Waals surface area contributed by atoms with Gasteiger partial charge in [-0.25, -0.2) is 8.42 Å². The molecule has 0 saturated heterocycles. The van der Waals surface area contributed by atoms with Crippen LogP contribution in [0.25, 0.3) is 10.9 Å². The van der Waals surface area contributed by atoms with Crippen LogP contribution in [-0.2, 0) is 21.4 Å². The van der Waals surface area contributed by atoms with Crippen molar-refractivity contribution < 1.29 is 13.2 Å². The van der Waals surface area contributed by atoms with Crippen LogP contribution in [0.4, 0.5) is 0 Å². The zero-order valence-corrected chi connectivity index (χ0v) is 18.7. The maximum atomic E-state index is 13.2. The van der Waals surface area contributed by atoms with Crippen molar-refractivity contribution in [2.45, 2.75) is 24.4 Å². The first kappa shape index (κ1) is 22.4. The number of H-pyrrole nitrogens is 1. The summed E-state index contributed by atoms with van der Waals surface area (Å²) in [7, 11) is -4.05. The third-order valence-electron chi connectivity index (χ3n) is 5.26. The summed E-state index contributed by atoms with van der Waals surface area (Å²) in [4.78, 5) is 27.2. The lowest BCUT2D eigenvalue weighted by molar-refractivity contribution is -0.123. The molecule has 8 heteroatoms. The number of amides is 1. The van der Waals surface area contributed by atoms with Gasteiger partial charge in [0.2, 0.25) is 21.5 Å². The van der Waals surface area contributed by atoms with Crippen molar-refractivity contribution in [3.8, 4) is 0 Å². The maximum absolute atomic E-state index is 13.2. The van der Waals surface area contributed by atoms with E-state index >= 15 is 0 Å². The van der Waals surface area contributed by atoms with E-state index in [9.17, 15) is 18.0 Å². The molecule has 0 fully saturated rings. The van der Waals surface area contributed by atoms with E-state index in [1.54, 1.807) is 36.4 Å². The van der Waals surface area contributed by atoms with Crippen molar-refractivity contribution in [2.24, 2.45) is 0 Å². The van der Waals surface area contributed by atoms with Crippen LogP contribution in [0.2, 0.25) is 0 Å². The number of rotatable bonds is 7. The Labute approximate surface area is 191 Å². The van der Waals surface area contributed by atoms with Crippen LogP contribution in [0.1, 0.15) is 22.7 Å². The van der Waals surface area contributed by atoms with E-state index in [4.69, 9.17) is 0 Å². The molecule has 4 aromatic rings. The highest BCUT2D eigenvalue weighted by molar-refractivity contribution is 7.89. The van der Waals surface area contributed by atoms with Gasteiger partial charge in [0.1, 0.15) is 6.04 Å². The van der Waals surface area contributed by atoms with E-state index in [1.165, 1.54) is 24.3 Å². The number of sulfonamides is 1. The van der Waals surface area contributed by atoms with Gasteiger partial charge < -0.3 is 10.3 Å². The van der Waals surface area contributed by atoms with Gasteiger partial charge in [-0.3, -0.25) is 9.59 Å². The number of pyridine rings is 1. The van der Waals surface area contributed by atoms with Crippen molar-refractivity contribution in [1.29, 1.82) is 0 Å². The maximum Gasteiger partial charge on any atom is 0.248 e. The minimum absolute atomic E-state index is 0.00526. The fourth-order valence-electron chi connectivity index (χ4n) is 3.44. The minimum Gasteiger partial charge on any atom is -0.350 e. The number of hydrogen-bond acceptors (Lipinski definition) is 4. The standard InChI is InChI=1S/C25H23N3O4S/c1-17-7-9-18(10-8-17)16-26-25(30)24(19-5-3-2-4-6-19)28-33(31,32)21-12-13-22-20(15-21)11-14-23(29)27-22/h2-15,24,28H,16H2,1H3,(H,26,30)(H,27,29). The summed E-state index contributed by atoms with van der Waals surface area (Å²) in [5, 5.41) is 3.39. The summed E-state index contributed by atoms with van der Waals surface area (Å²) in [5.41, 5.74) is 2.79. The lowest BCUT2D eigenvalue weighted by atomic mass is 10.1. The number of fused-ring (bicyclic) bond motifs is 1. The quantitative estimate of drug-likeness (QED) is 0.393. The fourth-order valence-corrected chi connectivity index (χ4v) is 4.66. The van der Waals surface area contributed by atoms with Gasteiger partial charge in [0.25, 0.3) is 0 Å². The van der Waals surface area contributed by atoms with E-state index < -0.39 is 22.0 Å². The summed E-state index contributed by atoms with van der Waals surface area (Å²) < 4.78 is 28.9. The molecule has 1 heterocycles. The molecule has 1 unspecified atom stereocenters. The summed E-state index contributed by atoms with van der Waals surface area (Å²) in [6.45, 7) is 2.25. The first-order valence-corrected chi connectivity index (χ1v) is 11.8. The van der Waals surface area contributed by atoms with Crippen LogP contribution in [-0.4, -0.2) is 19.3 Å². The Hall–Kier alpha value is -3.75. The first-order chi connectivity index (χ1) is 15.8. The molecule has 0 saturated carbocycles. The lowest BCUT2D eigenvalue weighted by Gasteiger charge is -2.19. The second-order valence-electron chi connectivity index (χ2n) is 7.74. The second kappa shape index (κ2) is 9.40. The van der Waals surface area contributed by atoms with E-state index in [1.807, 2.05) is 31.2 Å². The molecule has 33 heavy (non-hydrogen) atoms. The number of aryl methyl sites for hydroxylation is 1. The van der Waals surface area contributed by atoms with Crippen LogP contribution in [0.5, 0.6) is 0 Å². The number of aromatic amines is 1. The molecular formula is C25H23N3O4S. The molecule has 0 aliphatic heterocycles. The van der Waals surface area contributed by atoms with Crippen molar-refractivity contribution in [3.63, 3.8) is 0 Å². The summed E-state index contributed by atoms with van der Waals surface area (Å²) in [5.74, 6) is -0.463. The zero-order chi connectivity index (χ0) is 23.4. The lowest BCUT2D eigenvalue weighted by Crippen LogP contribution is -2.40. The van der Waals surface area contributed by atoms with E-state index in [2.05, 4.69) is 15.0 Å². The summed E-state index contributed by atoms with van der Waals surface area (Å²) in [6.07, 6.45) is 0. The predicted molar refractivity (Wildman–Crippen MR) is 127 cm³/mol. The predicted octanol–water partition coefficient (Wildman–Crippen LogP) is 3.17. The average Bonchev–Trinajstić information content (AvgIpc) is 2.82. The van der Waals surface area contributed by atoms with Gasteiger partial charge in [-0.15, -0.1) is 0 Å². The van der Waals surface area contributed by atoms with Crippen molar-refractivity contribution in [3.05, 3.63) is 112 Å². The van der Waals surface area contributed by atoms with E-state index in [0.717, 1.165) is 11.1 Å². The topological polar surface area (TPSA) is 108 Å². The Morgan fingerprint density at radius 3 is 2.39 bits per heavy atom. The smallest absolute Gasteiger partial charge is 0.248 e. The molecule has 0 bridgehead atoms. The molecule has 168 valence electrons. The SMILES string of the molecule is Cc1ccc(CNC(=O)C(NS(=O)(=O)c2ccc3[nH]c(=O)ccc3c2)c2ccccc2)cc1. The Morgan fingerprint density at radius 2 is 1.67 bits per heavy atom. The van der Waals surface area contributed by atoms with Gasteiger partial charge in [0, 0.05) is 18.1 Å². The number of benzene rings is 3. The Kier molecular flexibility index (Phi) is 6.39. The van der Waals surface area contributed by atoms with Gasteiger partial charge in [-0.1, -0.05) is 60.2 Å². The highest BCUT2D eigenvalue weighted by Crippen LogP contribution is 2.21. The van der Waals surface area contributed by atoms with E-state index in [0.29, 0.717) is 16.5 Å². The van der Waals surface area contributed by atoms with Crippen molar-refractivity contribution >= 4 is 26.8 Å². The molecule has 0 aliphatic carbocycles. The third kappa shape index (κ3) is 5.36.